The van der Waals surface area contributed by atoms with Crippen LogP contribution in [0.4, 0.5) is 0 Å². The molecule has 0 spiro atoms. The summed E-state index contributed by atoms with van der Waals surface area (Å²) in [5.74, 6) is 5.69. The third-order valence-electron chi connectivity index (χ3n) is 14.6. The van der Waals surface area contributed by atoms with Gasteiger partial charge in [-0.25, -0.2) is 0 Å². The monoisotopic (exact) mass is 1070 g/mol. The van der Waals surface area contributed by atoms with E-state index in [0.717, 1.165) is 148 Å². The molecule has 0 bridgehead atoms. The number of esters is 2. The Labute approximate surface area is 457 Å². The number of hydrogen-bond donors (Lipinski definition) is 2. The molecule has 13 heteroatoms. The number of nitrogens with two attached hydrogens (primary N) is 1. The van der Waals surface area contributed by atoms with Gasteiger partial charge in [0.25, 0.3) is 0 Å². The topological polar surface area (TPSA) is 155 Å². The minimum atomic E-state index is -1.54. The van der Waals surface area contributed by atoms with Crippen molar-refractivity contribution in [1.82, 2.24) is 4.90 Å². The average Bonchev–Trinajstić information content (AvgIpc) is 3.40. The number of hydrogen-bond acceptors (Lipinski definition) is 12. The fourth-order valence-corrected chi connectivity index (χ4v) is 10.7. The molecule has 1 fully saturated rings. The van der Waals surface area contributed by atoms with E-state index in [1.807, 2.05) is 0 Å². The van der Waals surface area contributed by atoms with Crippen LogP contribution in [0.5, 0.6) is 0 Å². The molecule has 3 N–H and O–H groups in total. The lowest BCUT2D eigenvalue weighted by molar-refractivity contribution is -0.151. The first-order valence-electron chi connectivity index (χ1n) is 31.6. The van der Waals surface area contributed by atoms with E-state index >= 15 is 0 Å². The molecule has 0 amide bonds. The first kappa shape index (κ1) is 70.3. The molecule has 1 saturated heterocycles. The Morgan fingerprint density at radius 3 is 1.26 bits per heavy atom. The number of hydrazone groups is 1. The first-order chi connectivity index (χ1) is 36.3. The maximum absolute atomic E-state index is 12.9. The fraction of sp³-hybridized carbons (Fsp3) is 0.934. The van der Waals surface area contributed by atoms with Crippen molar-refractivity contribution >= 4 is 32.5 Å². The minimum Gasteiger partial charge on any atom is -0.462 e. The second-order valence-corrected chi connectivity index (χ2v) is 22.9. The van der Waals surface area contributed by atoms with Gasteiger partial charge in [0, 0.05) is 45.1 Å². The molecule has 0 aromatic carbocycles. The number of rotatable bonds is 56. The van der Waals surface area contributed by atoms with Gasteiger partial charge in [-0.05, 0) is 89.9 Å². The number of carbonyl (C=O) groups is 2. The Hall–Kier alpha value is -1.69. The summed E-state index contributed by atoms with van der Waals surface area (Å²) in [4.78, 5) is 32.7. The smallest absolute Gasteiger partial charge is 0.332 e. The van der Waals surface area contributed by atoms with Gasteiger partial charge in [-0.15, -0.1) is 0 Å². The van der Waals surface area contributed by atoms with Crippen LogP contribution in [-0.2, 0) is 32.6 Å². The third-order valence-corrected chi connectivity index (χ3v) is 15.8. The molecular weight excluding hydrogens is 948 g/mol. The molecule has 0 radical (unpaired) electrons. The molecule has 1 aliphatic heterocycles. The Kier molecular flexibility index (Phi) is 51.9. The van der Waals surface area contributed by atoms with Gasteiger partial charge in [0.05, 0.1) is 38.2 Å². The van der Waals surface area contributed by atoms with Crippen LogP contribution in [0.2, 0.25) is 0 Å². The molecule has 1 aliphatic rings. The number of ether oxygens (including phenoxy) is 2. The van der Waals surface area contributed by atoms with Crippen molar-refractivity contribution in [3.8, 4) is 0 Å². The van der Waals surface area contributed by atoms with Gasteiger partial charge >= 0.3 is 20.5 Å². The zero-order valence-electron chi connectivity index (χ0n) is 48.8. The van der Waals surface area contributed by atoms with E-state index < -0.39 is 8.60 Å². The van der Waals surface area contributed by atoms with Gasteiger partial charge < -0.3 is 38.9 Å². The van der Waals surface area contributed by atoms with Crippen molar-refractivity contribution in [1.29, 1.82) is 0 Å². The summed E-state index contributed by atoms with van der Waals surface area (Å²) in [6.07, 6.45) is 48.8. The highest BCUT2D eigenvalue weighted by Gasteiger charge is 2.18. The lowest BCUT2D eigenvalue weighted by atomic mass is 10.0. The van der Waals surface area contributed by atoms with E-state index in [1.54, 1.807) is 6.21 Å². The maximum Gasteiger partial charge on any atom is 0.332 e. The van der Waals surface area contributed by atoms with Crippen molar-refractivity contribution in [2.75, 3.05) is 46.0 Å². The molecule has 12 nitrogen and oxygen atoms in total. The molecule has 1 rings (SSSR count). The molecule has 436 valence electrons. The standard InChI is InChI=1S/C61H119N4O8P/c1-5-9-13-17-23-31-39-58(40-32-24-18-14-10-6-2)72-60(67)43-35-27-21-29-37-52-69-74(71-54-47-56(64-62)55-63-48-51-65-49-45-57(66)46-50-65)70-53-38-30-22-28-36-44-61(68)73-59(41-33-25-19-15-11-7-3)42-34-26-20-16-12-8-4/h55,57-59,66H,5-54,62H2,1-4H3/b63-55?,64-56-. The summed E-state index contributed by atoms with van der Waals surface area (Å²) in [6, 6.07) is 0. The van der Waals surface area contributed by atoms with Crippen molar-refractivity contribution in [3.05, 3.63) is 0 Å². The van der Waals surface area contributed by atoms with Crippen LogP contribution >= 0.6 is 8.60 Å². The third kappa shape index (κ3) is 46.4. The van der Waals surface area contributed by atoms with Gasteiger partial charge in [0.2, 0.25) is 0 Å². The summed E-state index contributed by atoms with van der Waals surface area (Å²) in [5, 5.41) is 13.7. The lowest BCUT2D eigenvalue weighted by Gasteiger charge is -2.28. The Morgan fingerprint density at radius 1 is 0.514 bits per heavy atom. The highest BCUT2D eigenvalue weighted by molar-refractivity contribution is 7.41. The average molecular weight is 1070 g/mol. The van der Waals surface area contributed by atoms with Crippen molar-refractivity contribution in [2.24, 2.45) is 15.9 Å². The van der Waals surface area contributed by atoms with Gasteiger partial charge in [0.15, 0.2) is 0 Å². The number of carbonyl (C=O) groups excluding carboxylic acids is 2. The summed E-state index contributed by atoms with van der Waals surface area (Å²) >= 11 is 0. The molecule has 0 aromatic rings. The molecule has 1 heterocycles. The second kappa shape index (κ2) is 54.7. The van der Waals surface area contributed by atoms with Crippen molar-refractivity contribution in [2.45, 2.75) is 322 Å². The molecule has 0 aromatic heterocycles. The number of aliphatic hydroxyl groups is 1. The summed E-state index contributed by atoms with van der Waals surface area (Å²) in [5.41, 5.74) is 0.666. The zero-order chi connectivity index (χ0) is 53.6. The maximum atomic E-state index is 12.9. The molecule has 74 heavy (non-hydrogen) atoms. The largest absolute Gasteiger partial charge is 0.462 e. The molecule has 0 aliphatic carbocycles. The molecule has 0 atom stereocenters. The van der Waals surface area contributed by atoms with Gasteiger partial charge in [-0.3, -0.25) is 14.6 Å². The number of aliphatic imine (C=N–C) groups is 1. The zero-order valence-corrected chi connectivity index (χ0v) is 49.7. The Morgan fingerprint density at radius 2 is 0.865 bits per heavy atom. The van der Waals surface area contributed by atoms with Gasteiger partial charge in [0.1, 0.15) is 12.2 Å². The van der Waals surface area contributed by atoms with E-state index in [0.29, 0.717) is 51.3 Å². The van der Waals surface area contributed by atoms with Crippen LogP contribution in [0.15, 0.2) is 10.1 Å². The Bertz CT molecular complexity index is 1190. The number of nitrogens with zero attached hydrogens (tertiary/aromatic N) is 3. The Balaban J connectivity index is 2.52. The van der Waals surface area contributed by atoms with Crippen molar-refractivity contribution in [3.63, 3.8) is 0 Å². The van der Waals surface area contributed by atoms with Gasteiger partial charge in [-0.2, -0.15) is 5.10 Å². The van der Waals surface area contributed by atoms with Crippen LogP contribution < -0.4 is 5.84 Å². The van der Waals surface area contributed by atoms with Crippen molar-refractivity contribution < 1.29 is 37.7 Å². The predicted octanol–water partition coefficient (Wildman–Crippen LogP) is 17.0. The van der Waals surface area contributed by atoms with Crippen LogP contribution in [0.25, 0.3) is 0 Å². The molecular formula is C61H119N4O8P. The van der Waals surface area contributed by atoms with Crippen LogP contribution in [0.3, 0.4) is 0 Å². The lowest BCUT2D eigenvalue weighted by Crippen LogP contribution is -2.37. The van der Waals surface area contributed by atoms with E-state index in [-0.39, 0.29) is 30.3 Å². The van der Waals surface area contributed by atoms with E-state index in [2.05, 4.69) is 42.7 Å². The number of unbranched alkanes of at least 4 members (excludes halogenated alkanes) is 28. The minimum absolute atomic E-state index is 0.0237. The highest BCUT2D eigenvalue weighted by Crippen LogP contribution is 2.40. The van der Waals surface area contributed by atoms with E-state index in [9.17, 15) is 14.7 Å². The van der Waals surface area contributed by atoms with Crippen LogP contribution in [0, 0.1) is 0 Å². The van der Waals surface area contributed by atoms with Crippen LogP contribution in [0.1, 0.15) is 304 Å². The van der Waals surface area contributed by atoms with Crippen LogP contribution in [-0.4, -0.2) is 98.2 Å². The molecule has 0 saturated carbocycles. The SMILES string of the molecule is CCCCCCCCC(CCCCCCCC)OC(=O)CCCCCCCOP(OCCCCCCCC(=O)OC(CCCCCCCC)CCCCCCCC)OCC/C(C=NCCN1CCC(O)CC1)=N/N. The molecule has 0 unspecified atom stereocenters. The van der Waals surface area contributed by atoms with E-state index in [4.69, 9.17) is 28.9 Å². The number of likely N-dealkylation sites (tertiary alicyclic amines) is 1. The quantitative estimate of drug-likeness (QED) is 0.0150. The second-order valence-electron chi connectivity index (χ2n) is 21.7. The summed E-state index contributed by atoms with van der Waals surface area (Å²) in [7, 11) is -1.54. The number of piperidine rings is 1. The predicted molar refractivity (Wildman–Crippen MR) is 313 cm³/mol. The first-order valence-corrected chi connectivity index (χ1v) is 32.7. The number of aliphatic hydroxyl groups excluding tert-OH is 1. The highest BCUT2D eigenvalue weighted by atomic mass is 31.2. The fourth-order valence-electron chi connectivity index (χ4n) is 9.72. The van der Waals surface area contributed by atoms with Gasteiger partial charge in [-0.1, -0.05) is 195 Å². The summed E-state index contributed by atoms with van der Waals surface area (Å²) < 4.78 is 30.7. The normalized spacial score (nSPS) is 13.9. The summed E-state index contributed by atoms with van der Waals surface area (Å²) in [6.45, 7) is 13.8. The van der Waals surface area contributed by atoms with E-state index in [1.165, 1.54) is 128 Å².